The van der Waals surface area contributed by atoms with Crippen molar-refractivity contribution in [3.05, 3.63) is 22.4 Å². The first-order valence-electron chi connectivity index (χ1n) is 9.43. The Hall–Kier alpha value is -1.56. The number of hydrogen-bond donors (Lipinski definition) is 3. The van der Waals surface area contributed by atoms with Gasteiger partial charge in [-0.3, -0.25) is 9.79 Å². The molecule has 1 unspecified atom stereocenters. The molecule has 1 aliphatic carbocycles. The molecule has 1 aromatic heterocycles. The molecule has 140 valence electrons. The molecule has 25 heavy (non-hydrogen) atoms. The van der Waals surface area contributed by atoms with Crippen molar-refractivity contribution in [2.45, 2.75) is 45.4 Å². The van der Waals surface area contributed by atoms with E-state index in [4.69, 9.17) is 0 Å². The highest BCUT2D eigenvalue weighted by Gasteiger charge is 2.20. The molecule has 1 heterocycles. The summed E-state index contributed by atoms with van der Waals surface area (Å²) in [6, 6.07) is 4.28. The number of thiophene rings is 1. The van der Waals surface area contributed by atoms with Crippen LogP contribution in [0.4, 0.5) is 0 Å². The molecule has 0 spiro atoms. The van der Waals surface area contributed by atoms with E-state index in [9.17, 15) is 4.79 Å². The van der Waals surface area contributed by atoms with Crippen molar-refractivity contribution in [2.75, 3.05) is 26.7 Å². The van der Waals surface area contributed by atoms with Crippen LogP contribution in [0.2, 0.25) is 0 Å². The Morgan fingerprint density at radius 1 is 1.24 bits per heavy atom. The second-order valence-electron chi connectivity index (χ2n) is 6.89. The SMILES string of the molecule is CN=C(NCCNC(=O)C1CCCCC1)NCC(C)Cc1cccs1. The van der Waals surface area contributed by atoms with Crippen LogP contribution in [0.1, 0.15) is 43.9 Å². The van der Waals surface area contributed by atoms with Gasteiger partial charge in [-0.25, -0.2) is 0 Å². The van der Waals surface area contributed by atoms with Crippen LogP contribution >= 0.6 is 11.3 Å². The van der Waals surface area contributed by atoms with Crippen molar-refractivity contribution in [1.82, 2.24) is 16.0 Å². The molecule has 1 aromatic rings. The number of aliphatic imine (C=N–C) groups is 1. The molecule has 1 aliphatic rings. The summed E-state index contributed by atoms with van der Waals surface area (Å²) < 4.78 is 0. The van der Waals surface area contributed by atoms with Crippen LogP contribution in [0.5, 0.6) is 0 Å². The monoisotopic (exact) mass is 364 g/mol. The molecule has 0 aromatic carbocycles. The molecule has 0 bridgehead atoms. The van der Waals surface area contributed by atoms with Gasteiger partial charge in [0.05, 0.1) is 0 Å². The van der Waals surface area contributed by atoms with Crippen LogP contribution in [-0.4, -0.2) is 38.5 Å². The summed E-state index contributed by atoms with van der Waals surface area (Å²) >= 11 is 1.81. The Bertz CT molecular complexity index is 524. The number of nitrogens with zero attached hydrogens (tertiary/aromatic N) is 1. The van der Waals surface area contributed by atoms with Crippen LogP contribution < -0.4 is 16.0 Å². The fraction of sp³-hybridized carbons (Fsp3) is 0.684. The zero-order valence-electron chi connectivity index (χ0n) is 15.5. The zero-order valence-corrected chi connectivity index (χ0v) is 16.3. The lowest BCUT2D eigenvalue weighted by atomic mass is 9.89. The van der Waals surface area contributed by atoms with Gasteiger partial charge in [0.25, 0.3) is 0 Å². The van der Waals surface area contributed by atoms with E-state index in [1.54, 1.807) is 7.05 Å². The number of amides is 1. The topological polar surface area (TPSA) is 65.5 Å². The van der Waals surface area contributed by atoms with Crippen molar-refractivity contribution in [1.29, 1.82) is 0 Å². The number of nitrogens with one attached hydrogen (secondary N) is 3. The number of carbonyl (C=O) groups is 1. The molecular formula is C19H32N4OS. The van der Waals surface area contributed by atoms with Gasteiger partial charge in [-0.15, -0.1) is 11.3 Å². The smallest absolute Gasteiger partial charge is 0.223 e. The Balaban J connectivity index is 1.57. The second kappa shape index (κ2) is 11.1. The van der Waals surface area contributed by atoms with E-state index >= 15 is 0 Å². The van der Waals surface area contributed by atoms with Crippen LogP contribution in [0.3, 0.4) is 0 Å². The first-order chi connectivity index (χ1) is 12.2. The Labute approximate surface area is 155 Å². The van der Waals surface area contributed by atoms with E-state index in [0.717, 1.165) is 31.8 Å². The lowest BCUT2D eigenvalue weighted by molar-refractivity contribution is -0.125. The predicted octanol–water partition coefficient (Wildman–Crippen LogP) is 2.79. The molecule has 0 aliphatic heterocycles. The molecule has 3 N–H and O–H groups in total. The van der Waals surface area contributed by atoms with Crippen LogP contribution in [0.25, 0.3) is 0 Å². The van der Waals surface area contributed by atoms with Crippen LogP contribution in [0.15, 0.2) is 22.5 Å². The van der Waals surface area contributed by atoms with Gasteiger partial charge in [0.1, 0.15) is 0 Å². The third-order valence-electron chi connectivity index (χ3n) is 4.66. The van der Waals surface area contributed by atoms with Crippen molar-refractivity contribution >= 4 is 23.2 Å². The fourth-order valence-electron chi connectivity index (χ4n) is 3.21. The molecular weight excluding hydrogens is 332 g/mol. The minimum atomic E-state index is 0.217. The molecule has 6 heteroatoms. The summed E-state index contributed by atoms with van der Waals surface area (Å²) in [5.74, 6) is 1.78. The largest absolute Gasteiger partial charge is 0.356 e. The van der Waals surface area contributed by atoms with Gasteiger partial charge in [-0.1, -0.05) is 32.3 Å². The summed E-state index contributed by atoms with van der Waals surface area (Å²) in [6.07, 6.45) is 6.83. The first kappa shape index (κ1) is 19.8. The maximum Gasteiger partial charge on any atom is 0.223 e. The third-order valence-corrected chi connectivity index (χ3v) is 5.56. The third kappa shape index (κ3) is 7.46. The Morgan fingerprint density at radius 3 is 2.68 bits per heavy atom. The summed E-state index contributed by atoms with van der Waals surface area (Å²) in [5, 5.41) is 11.8. The minimum absolute atomic E-state index is 0.217. The lowest BCUT2D eigenvalue weighted by Gasteiger charge is -2.21. The Morgan fingerprint density at radius 2 is 2.00 bits per heavy atom. The van der Waals surface area contributed by atoms with E-state index < -0.39 is 0 Å². The summed E-state index contributed by atoms with van der Waals surface area (Å²) in [7, 11) is 1.78. The molecule has 1 fully saturated rings. The maximum atomic E-state index is 12.1. The second-order valence-corrected chi connectivity index (χ2v) is 7.93. The van der Waals surface area contributed by atoms with Gasteiger partial charge < -0.3 is 16.0 Å². The number of hydrogen-bond acceptors (Lipinski definition) is 3. The highest BCUT2D eigenvalue weighted by atomic mass is 32.1. The fourth-order valence-corrected chi connectivity index (χ4v) is 4.08. The van der Waals surface area contributed by atoms with Crippen LogP contribution in [-0.2, 0) is 11.2 Å². The van der Waals surface area contributed by atoms with E-state index in [2.05, 4.69) is 45.4 Å². The van der Waals surface area contributed by atoms with Gasteiger partial charge in [0.15, 0.2) is 5.96 Å². The molecule has 0 saturated heterocycles. The summed E-state index contributed by atoms with van der Waals surface area (Å²) in [6.45, 7) is 4.45. The minimum Gasteiger partial charge on any atom is -0.356 e. The average Bonchev–Trinajstić information content (AvgIpc) is 3.14. The zero-order chi connectivity index (χ0) is 17.9. The number of rotatable bonds is 8. The van der Waals surface area contributed by atoms with E-state index in [1.165, 1.54) is 24.1 Å². The molecule has 0 radical (unpaired) electrons. The van der Waals surface area contributed by atoms with Gasteiger partial charge in [-0.2, -0.15) is 0 Å². The summed E-state index contributed by atoms with van der Waals surface area (Å²) in [5.41, 5.74) is 0. The predicted molar refractivity (Wildman–Crippen MR) is 106 cm³/mol. The number of carbonyl (C=O) groups excluding carboxylic acids is 1. The van der Waals surface area contributed by atoms with Crippen molar-refractivity contribution in [3.63, 3.8) is 0 Å². The summed E-state index contributed by atoms with van der Waals surface area (Å²) in [4.78, 5) is 17.8. The van der Waals surface area contributed by atoms with Gasteiger partial charge in [0, 0.05) is 37.5 Å². The van der Waals surface area contributed by atoms with Crippen LogP contribution in [0, 0.1) is 11.8 Å². The number of guanidine groups is 1. The normalized spacial score (nSPS) is 17.1. The van der Waals surface area contributed by atoms with E-state index in [0.29, 0.717) is 19.0 Å². The van der Waals surface area contributed by atoms with Gasteiger partial charge in [0.2, 0.25) is 5.91 Å². The molecule has 2 rings (SSSR count). The molecule has 1 atom stereocenters. The molecule has 1 amide bonds. The van der Waals surface area contributed by atoms with Crippen molar-refractivity contribution < 1.29 is 4.79 Å². The maximum absolute atomic E-state index is 12.1. The van der Waals surface area contributed by atoms with Crippen molar-refractivity contribution in [2.24, 2.45) is 16.8 Å². The van der Waals surface area contributed by atoms with Gasteiger partial charge >= 0.3 is 0 Å². The lowest BCUT2D eigenvalue weighted by Crippen LogP contribution is -2.43. The quantitative estimate of drug-likeness (QED) is 0.377. The van der Waals surface area contributed by atoms with E-state index in [-0.39, 0.29) is 11.8 Å². The first-order valence-corrected chi connectivity index (χ1v) is 10.3. The molecule has 1 saturated carbocycles. The highest BCUT2D eigenvalue weighted by Crippen LogP contribution is 2.23. The van der Waals surface area contributed by atoms with Crippen molar-refractivity contribution in [3.8, 4) is 0 Å². The van der Waals surface area contributed by atoms with E-state index in [1.807, 2.05) is 11.3 Å². The average molecular weight is 365 g/mol. The highest BCUT2D eigenvalue weighted by molar-refractivity contribution is 7.09. The van der Waals surface area contributed by atoms with Gasteiger partial charge in [-0.05, 0) is 36.6 Å². The molecule has 5 nitrogen and oxygen atoms in total. The standard InChI is InChI=1S/C19H32N4OS/c1-15(13-17-9-6-12-25-17)14-23-19(20-2)22-11-10-21-18(24)16-7-4-3-5-8-16/h6,9,12,15-16H,3-5,7-8,10-11,13-14H2,1-2H3,(H,21,24)(H2,20,22,23). The Kier molecular flexibility index (Phi) is 8.80.